The average Bonchev–Trinajstić information content (AvgIpc) is 3.18. The van der Waals surface area contributed by atoms with Gasteiger partial charge in [-0.2, -0.15) is 0 Å². The van der Waals surface area contributed by atoms with E-state index in [4.69, 9.17) is 0 Å². The van der Waals surface area contributed by atoms with E-state index in [0.717, 1.165) is 9.54 Å². The molecule has 2 aromatic carbocycles. The van der Waals surface area contributed by atoms with Crippen molar-refractivity contribution in [2.24, 2.45) is 0 Å². The van der Waals surface area contributed by atoms with Crippen LogP contribution in [0.25, 0.3) is 22.3 Å². The smallest absolute Gasteiger partial charge is 0.269 e. The van der Waals surface area contributed by atoms with Crippen molar-refractivity contribution < 1.29 is 18.3 Å². The second-order valence-electron chi connectivity index (χ2n) is 8.13. The van der Waals surface area contributed by atoms with Crippen molar-refractivity contribution in [2.45, 2.75) is 24.8 Å². The van der Waals surface area contributed by atoms with Crippen LogP contribution in [0.1, 0.15) is 22.8 Å². The summed E-state index contributed by atoms with van der Waals surface area (Å²) in [5.41, 5.74) is 3.27. The summed E-state index contributed by atoms with van der Waals surface area (Å²) in [5.74, 6) is -0.223. The number of amides is 1. The fourth-order valence-electron chi connectivity index (χ4n) is 3.65. The van der Waals surface area contributed by atoms with Gasteiger partial charge < -0.3 is 10.0 Å². The third kappa shape index (κ3) is 4.61. The number of aliphatic hydroxyl groups is 1. The Labute approximate surface area is 206 Å². The number of hydrogen-bond donors (Lipinski definition) is 1. The number of nitrogens with zero attached hydrogens (tertiary/aromatic N) is 4. The molecule has 0 spiro atoms. The van der Waals surface area contributed by atoms with Gasteiger partial charge in [0.25, 0.3) is 15.9 Å². The van der Waals surface area contributed by atoms with Crippen molar-refractivity contribution in [2.75, 3.05) is 13.6 Å². The molecule has 0 saturated carbocycles. The first-order chi connectivity index (χ1) is 16.1. The summed E-state index contributed by atoms with van der Waals surface area (Å²) in [6.45, 7) is 3.72. The molecular formula is C24H23BrN4O4S. The van der Waals surface area contributed by atoms with Gasteiger partial charge in [0.15, 0.2) is 5.65 Å². The predicted molar refractivity (Wildman–Crippen MR) is 133 cm³/mol. The van der Waals surface area contributed by atoms with E-state index in [0.29, 0.717) is 26.8 Å². The van der Waals surface area contributed by atoms with Gasteiger partial charge in [-0.05, 0) is 59.6 Å². The molecule has 10 heteroatoms. The summed E-state index contributed by atoms with van der Waals surface area (Å²) in [6, 6.07) is 13.4. The Morgan fingerprint density at radius 2 is 1.79 bits per heavy atom. The molecule has 4 aromatic rings. The van der Waals surface area contributed by atoms with Crippen molar-refractivity contribution in [1.82, 2.24) is 18.8 Å². The zero-order chi connectivity index (χ0) is 24.6. The number of rotatable bonds is 6. The lowest BCUT2D eigenvalue weighted by Gasteiger charge is -2.18. The third-order valence-corrected chi connectivity index (χ3v) is 7.39. The minimum Gasteiger partial charge on any atom is -0.392 e. The Hall–Kier alpha value is -3.08. The molecule has 2 heterocycles. The van der Waals surface area contributed by atoms with Crippen molar-refractivity contribution in [3.8, 4) is 11.1 Å². The number of aryl methyl sites for hydroxylation is 1. The molecule has 1 N–H and O–H groups in total. The van der Waals surface area contributed by atoms with Crippen molar-refractivity contribution in [1.29, 1.82) is 0 Å². The second-order valence-corrected chi connectivity index (χ2v) is 10.8. The summed E-state index contributed by atoms with van der Waals surface area (Å²) >= 11 is 3.31. The first-order valence-electron chi connectivity index (χ1n) is 10.5. The molecule has 0 unspecified atom stereocenters. The molecule has 176 valence electrons. The lowest BCUT2D eigenvalue weighted by molar-refractivity contribution is 0.0703. The third-order valence-electron chi connectivity index (χ3n) is 5.34. The molecule has 4 rings (SSSR count). The maximum absolute atomic E-state index is 13.4. The van der Waals surface area contributed by atoms with Crippen LogP contribution in [-0.4, -0.2) is 58.0 Å². The van der Waals surface area contributed by atoms with E-state index in [2.05, 4.69) is 25.9 Å². The average molecular weight is 543 g/mol. The number of benzene rings is 2. The monoisotopic (exact) mass is 542 g/mol. The molecule has 0 aliphatic heterocycles. The molecule has 0 radical (unpaired) electrons. The van der Waals surface area contributed by atoms with E-state index in [1.807, 2.05) is 6.92 Å². The molecular weight excluding hydrogens is 520 g/mol. The number of halogens is 1. The van der Waals surface area contributed by atoms with Gasteiger partial charge >= 0.3 is 0 Å². The predicted octanol–water partition coefficient (Wildman–Crippen LogP) is 3.86. The maximum Gasteiger partial charge on any atom is 0.269 e. The maximum atomic E-state index is 13.4. The van der Waals surface area contributed by atoms with E-state index in [1.54, 1.807) is 62.5 Å². The lowest BCUT2D eigenvalue weighted by Crippen LogP contribution is -2.32. The van der Waals surface area contributed by atoms with Crippen LogP contribution < -0.4 is 0 Å². The summed E-state index contributed by atoms with van der Waals surface area (Å²) in [4.78, 5) is 23.0. The normalized spacial score (nSPS) is 12.6. The molecule has 2 aromatic heterocycles. The number of carbonyl (C=O) groups is 1. The number of hydrogen-bond acceptors (Lipinski definition) is 6. The molecule has 0 bridgehead atoms. The van der Waals surface area contributed by atoms with Crippen LogP contribution in [0.2, 0.25) is 0 Å². The number of aromatic nitrogens is 3. The molecule has 34 heavy (non-hydrogen) atoms. The van der Waals surface area contributed by atoms with Crippen LogP contribution in [0, 0.1) is 6.92 Å². The minimum atomic E-state index is -3.91. The summed E-state index contributed by atoms with van der Waals surface area (Å²) in [5, 5.41) is 9.54. The van der Waals surface area contributed by atoms with Gasteiger partial charge in [0.2, 0.25) is 0 Å². The van der Waals surface area contributed by atoms with Gasteiger partial charge in [-0.3, -0.25) is 4.79 Å². The van der Waals surface area contributed by atoms with E-state index in [-0.39, 0.29) is 23.0 Å². The zero-order valence-electron chi connectivity index (χ0n) is 18.8. The van der Waals surface area contributed by atoms with Gasteiger partial charge in [-0.25, -0.2) is 22.4 Å². The molecule has 1 amide bonds. The summed E-state index contributed by atoms with van der Waals surface area (Å²) < 4.78 is 28.4. The van der Waals surface area contributed by atoms with Gasteiger partial charge in [0.05, 0.1) is 17.2 Å². The van der Waals surface area contributed by atoms with Crippen LogP contribution in [0.15, 0.2) is 70.4 Å². The van der Waals surface area contributed by atoms with Crippen LogP contribution in [0.4, 0.5) is 0 Å². The molecule has 8 nitrogen and oxygen atoms in total. The molecule has 0 aliphatic carbocycles. The number of fused-ring (bicyclic) bond motifs is 1. The van der Waals surface area contributed by atoms with Crippen molar-refractivity contribution in [3.63, 3.8) is 0 Å². The number of carbonyl (C=O) groups excluding carboxylic acids is 1. The molecule has 0 aliphatic rings. The number of likely N-dealkylation sites (N-methyl/N-ethyl adjacent to an activating group) is 1. The zero-order valence-corrected chi connectivity index (χ0v) is 21.2. The van der Waals surface area contributed by atoms with Gasteiger partial charge in [-0.1, -0.05) is 29.8 Å². The van der Waals surface area contributed by atoms with E-state index >= 15 is 0 Å². The first-order valence-corrected chi connectivity index (χ1v) is 12.7. The Kier molecular flexibility index (Phi) is 6.57. The highest BCUT2D eigenvalue weighted by molar-refractivity contribution is 9.10. The van der Waals surface area contributed by atoms with E-state index in [9.17, 15) is 18.3 Å². The lowest BCUT2D eigenvalue weighted by atomic mass is 10.1. The van der Waals surface area contributed by atoms with Gasteiger partial charge in [0, 0.05) is 30.9 Å². The number of aliphatic hydroxyl groups excluding tert-OH is 1. The van der Waals surface area contributed by atoms with Crippen LogP contribution in [-0.2, 0) is 10.0 Å². The Balaban J connectivity index is 1.79. The van der Waals surface area contributed by atoms with Gasteiger partial charge in [0.1, 0.15) is 10.1 Å². The summed E-state index contributed by atoms with van der Waals surface area (Å²) in [7, 11) is -2.29. The largest absolute Gasteiger partial charge is 0.392 e. The van der Waals surface area contributed by atoms with E-state index in [1.165, 1.54) is 17.3 Å². The SMILES string of the molecule is Cc1ccc(S(=O)(=O)n2cc(-c3ccc(C(=O)N(C)C[C@@H](C)O)cc3)c3nc(Br)cnc32)cc1. The van der Waals surface area contributed by atoms with Gasteiger partial charge in [-0.15, -0.1) is 0 Å². The highest BCUT2D eigenvalue weighted by Gasteiger charge is 2.24. The van der Waals surface area contributed by atoms with Crippen LogP contribution in [0.5, 0.6) is 0 Å². The fraction of sp³-hybridized carbons (Fsp3) is 0.208. The quantitative estimate of drug-likeness (QED) is 0.396. The van der Waals surface area contributed by atoms with E-state index < -0.39 is 16.1 Å². The molecule has 1 atom stereocenters. The topological polar surface area (TPSA) is 105 Å². The Morgan fingerprint density at radius 1 is 1.15 bits per heavy atom. The Morgan fingerprint density at radius 3 is 2.41 bits per heavy atom. The van der Waals surface area contributed by atoms with Crippen LogP contribution >= 0.6 is 15.9 Å². The Bertz CT molecular complexity index is 1460. The second kappa shape index (κ2) is 9.28. The standard InChI is InChI=1S/C24H23BrN4O4S/c1-15-4-10-19(11-5-15)34(32,33)29-14-20(22-23(29)26-12-21(25)27-22)17-6-8-18(9-7-17)24(31)28(3)13-16(2)30/h4-12,14,16,30H,13H2,1-3H3/t16-/m1/s1. The van der Waals surface area contributed by atoms with Crippen molar-refractivity contribution >= 4 is 43.0 Å². The van der Waals surface area contributed by atoms with Crippen molar-refractivity contribution in [3.05, 3.63) is 76.7 Å². The molecule has 0 fully saturated rings. The fourth-order valence-corrected chi connectivity index (χ4v) is 5.25. The first kappa shape index (κ1) is 24.1. The minimum absolute atomic E-state index is 0.147. The highest BCUT2D eigenvalue weighted by Crippen LogP contribution is 2.32. The highest BCUT2D eigenvalue weighted by atomic mass is 79.9. The van der Waals surface area contributed by atoms with Crippen LogP contribution in [0.3, 0.4) is 0 Å². The summed E-state index contributed by atoms with van der Waals surface area (Å²) in [6.07, 6.45) is 2.32. The molecule has 0 saturated heterocycles.